The smallest absolute Gasteiger partial charge is 0.231 e. The lowest BCUT2D eigenvalue weighted by Gasteiger charge is -2.10. The highest BCUT2D eigenvalue weighted by atomic mass is 32.2. The topological polar surface area (TPSA) is 72.7 Å². The quantitative estimate of drug-likeness (QED) is 0.545. The van der Waals surface area contributed by atoms with E-state index in [1.54, 1.807) is 12.4 Å². The summed E-state index contributed by atoms with van der Waals surface area (Å²) in [6.45, 7) is 0.215. The lowest BCUT2D eigenvalue weighted by Crippen LogP contribution is -2.25. The van der Waals surface area contributed by atoms with E-state index in [9.17, 15) is 4.79 Å². The largest absolute Gasteiger partial charge is 0.344 e. The molecule has 0 aliphatic rings. The fraction of sp³-hybridized carbons (Fsp3) is 0.111. The van der Waals surface area contributed by atoms with Crippen LogP contribution in [0.5, 0.6) is 0 Å². The molecule has 0 fully saturated rings. The standard InChI is InChI=1S/C18H15N5OS/c1-2-10-20-16(24)13-25-18-22-21-17(14-8-11-19-12-9-14)23(18)15-6-4-3-5-7-15/h1,3-9,11-12H,10,13H2,(H,20,24). The van der Waals surface area contributed by atoms with E-state index < -0.39 is 0 Å². The molecule has 1 N–H and O–H groups in total. The van der Waals surface area contributed by atoms with Crippen LogP contribution in [-0.2, 0) is 4.79 Å². The number of hydrogen-bond donors (Lipinski definition) is 1. The van der Waals surface area contributed by atoms with Crippen LogP contribution in [0.3, 0.4) is 0 Å². The molecule has 0 saturated heterocycles. The summed E-state index contributed by atoms with van der Waals surface area (Å²) in [6, 6.07) is 13.5. The number of pyridine rings is 1. The van der Waals surface area contributed by atoms with Crippen LogP contribution < -0.4 is 5.32 Å². The third kappa shape index (κ3) is 4.05. The fourth-order valence-electron chi connectivity index (χ4n) is 2.19. The normalized spacial score (nSPS) is 10.2. The van der Waals surface area contributed by atoms with Crippen molar-refractivity contribution in [1.82, 2.24) is 25.1 Å². The van der Waals surface area contributed by atoms with Gasteiger partial charge in [-0.3, -0.25) is 14.3 Å². The molecule has 0 bridgehead atoms. The molecule has 25 heavy (non-hydrogen) atoms. The highest BCUT2D eigenvalue weighted by Gasteiger charge is 2.16. The Hall–Kier alpha value is -3.11. The molecule has 0 spiro atoms. The van der Waals surface area contributed by atoms with Gasteiger partial charge in [0.05, 0.1) is 12.3 Å². The summed E-state index contributed by atoms with van der Waals surface area (Å²) < 4.78 is 1.93. The first-order chi connectivity index (χ1) is 12.3. The first-order valence-corrected chi connectivity index (χ1v) is 8.52. The second kappa shape index (κ2) is 8.13. The molecule has 7 heteroatoms. The van der Waals surface area contributed by atoms with E-state index in [4.69, 9.17) is 6.42 Å². The van der Waals surface area contributed by atoms with Gasteiger partial charge in [-0.2, -0.15) is 0 Å². The number of para-hydroxylation sites is 1. The van der Waals surface area contributed by atoms with Crippen LogP contribution in [0.4, 0.5) is 0 Å². The number of amides is 1. The highest BCUT2D eigenvalue weighted by molar-refractivity contribution is 7.99. The maximum atomic E-state index is 11.8. The number of aromatic nitrogens is 4. The summed E-state index contributed by atoms with van der Waals surface area (Å²) in [6.07, 6.45) is 8.56. The zero-order chi connectivity index (χ0) is 17.5. The second-order valence-electron chi connectivity index (χ2n) is 4.98. The molecule has 2 heterocycles. The van der Waals surface area contributed by atoms with Crippen LogP contribution in [0.2, 0.25) is 0 Å². The predicted octanol–water partition coefficient (Wildman–Crippen LogP) is 2.17. The average Bonchev–Trinajstić information content (AvgIpc) is 3.10. The predicted molar refractivity (Wildman–Crippen MR) is 97.2 cm³/mol. The molecule has 0 atom stereocenters. The summed E-state index contributed by atoms with van der Waals surface area (Å²) in [7, 11) is 0. The number of rotatable bonds is 6. The van der Waals surface area contributed by atoms with Crippen LogP contribution in [0.15, 0.2) is 60.0 Å². The van der Waals surface area contributed by atoms with Gasteiger partial charge >= 0.3 is 0 Å². The number of carbonyl (C=O) groups is 1. The van der Waals surface area contributed by atoms with Gasteiger partial charge in [0, 0.05) is 23.6 Å². The van der Waals surface area contributed by atoms with Gasteiger partial charge in [-0.15, -0.1) is 16.6 Å². The Bertz CT molecular complexity index is 887. The molecule has 1 amide bonds. The highest BCUT2D eigenvalue weighted by Crippen LogP contribution is 2.27. The van der Waals surface area contributed by atoms with Crippen LogP contribution in [0.25, 0.3) is 17.1 Å². The minimum Gasteiger partial charge on any atom is -0.344 e. The molecule has 0 aliphatic carbocycles. The summed E-state index contributed by atoms with van der Waals surface area (Å²) in [5.41, 5.74) is 1.82. The van der Waals surface area contributed by atoms with Crippen molar-refractivity contribution in [3.63, 3.8) is 0 Å². The Labute approximate surface area is 149 Å². The third-order valence-corrected chi connectivity index (χ3v) is 4.24. The van der Waals surface area contributed by atoms with Gasteiger partial charge in [-0.25, -0.2) is 0 Å². The van der Waals surface area contributed by atoms with Gasteiger partial charge in [0.2, 0.25) is 5.91 Å². The van der Waals surface area contributed by atoms with Crippen molar-refractivity contribution in [2.75, 3.05) is 12.3 Å². The summed E-state index contributed by atoms with van der Waals surface area (Å²) in [4.78, 5) is 15.8. The number of hydrogen-bond acceptors (Lipinski definition) is 5. The van der Waals surface area contributed by atoms with Crippen LogP contribution in [-0.4, -0.2) is 38.0 Å². The van der Waals surface area contributed by atoms with Gasteiger partial charge < -0.3 is 5.32 Å². The molecule has 0 aliphatic heterocycles. The van der Waals surface area contributed by atoms with E-state index in [1.165, 1.54) is 11.8 Å². The van der Waals surface area contributed by atoms with Crippen LogP contribution in [0.1, 0.15) is 0 Å². The zero-order valence-electron chi connectivity index (χ0n) is 13.3. The van der Waals surface area contributed by atoms with E-state index in [0.29, 0.717) is 11.0 Å². The van der Waals surface area contributed by atoms with Gasteiger partial charge in [0.1, 0.15) is 0 Å². The number of carbonyl (C=O) groups excluding carboxylic acids is 1. The molecule has 0 unspecified atom stereocenters. The number of thioether (sulfide) groups is 1. The first-order valence-electron chi connectivity index (χ1n) is 7.54. The van der Waals surface area contributed by atoms with Crippen molar-refractivity contribution >= 4 is 17.7 Å². The molecule has 1 aromatic carbocycles. The Morgan fingerprint density at radius 2 is 1.92 bits per heavy atom. The van der Waals surface area contributed by atoms with Crippen molar-refractivity contribution in [1.29, 1.82) is 0 Å². The van der Waals surface area contributed by atoms with E-state index in [0.717, 1.165) is 11.3 Å². The maximum Gasteiger partial charge on any atom is 0.231 e. The summed E-state index contributed by atoms with van der Waals surface area (Å²) in [5.74, 6) is 3.14. The molecular weight excluding hydrogens is 334 g/mol. The molecule has 3 rings (SSSR count). The van der Waals surface area contributed by atoms with E-state index in [-0.39, 0.29) is 18.2 Å². The van der Waals surface area contributed by atoms with Crippen molar-refractivity contribution in [3.05, 3.63) is 54.9 Å². The Morgan fingerprint density at radius 1 is 1.16 bits per heavy atom. The SMILES string of the molecule is C#CCNC(=O)CSc1nnc(-c2ccncc2)n1-c1ccccc1. The summed E-state index contributed by atoms with van der Waals surface area (Å²) in [5, 5.41) is 11.8. The van der Waals surface area contributed by atoms with E-state index in [2.05, 4.69) is 26.4 Å². The molecule has 2 aromatic heterocycles. The molecule has 124 valence electrons. The van der Waals surface area contributed by atoms with E-state index in [1.807, 2.05) is 47.0 Å². The fourth-order valence-corrected chi connectivity index (χ4v) is 2.97. The van der Waals surface area contributed by atoms with Crippen molar-refractivity contribution in [3.8, 4) is 29.4 Å². The Morgan fingerprint density at radius 3 is 2.64 bits per heavy atom. The van der Waals surface area contributed by atoms with Crippen molar-refractivity contribution in [2.45, 2.75) is 5.16 Å². The van der Waals surface area contributed by atoms with Crippen molar-refractivity contribution in [2.24, 2.45) is 0 Å². The number of nitrogens with one attached hydrogen (secondary N) is 1. The van der Waals surface area contributed by atoms with Crippen LogP contribution in [0, 0.1) is 12.3 Å². The third-order valence-electron chi connectivity index (χ3n) is 3.31. The van der Waals surface area contributed by atoms with Gasteiger partial charge in [-0.05, 0) is 24.3 Å². The van der Waals surface area contributed by atoms with Crippen LogP contribution >= 0.6 is 11.8 Å². The maximum absolute atomic E-state index is 11.8. The summed E-state index contributed by atoms with van der Waals surface area (Å²) >= 11 is 1.31. The molecule has 3 aromatic rings. The minimum atomic E-state index is -0.143. The van der Waals surface area contributed by atoms with Gasteiger partial charge in [0.25, 0.3) is 0 Å². The van der Waals surface area contributed by atoms with Crippen molar-refractivity contribution < 1.29 is 4.79 Å². The Balaban J connectivity index is 1.92. The molecule has 0 saturated carbocycles. The minimum absolute atomic E-state index is 0.143. The monoisotopic (exact) mass is 349 g/mol. The lowest BCUT2D eigenvalue weighted by molar-refractivity contribution is -0.118. The number of nitrogens with zero attached hydrogens (tertiary/aromatic N) is 4. The first kappa shape index (κ1) is 16.7. The zero-order valence-corrected chi connectivity index (χ0v) is 14.1. The molecular formula is C18H15N5OS. The molecule has 0 radical (unpaired) electrons. The average molecular weight is 349 g/mol. The second-order valence-corrected chi connectivity index (χ2v) is 5.93. The molecule has 6 nitrogen and oxygen atoms in total. The lowest BCUT2D eigenvalue weighted by atomic mass is 10.2. The van der Waals surface area contributed by atoms with Gasteiger partial charge in [-0.1, -0.05) is 35.9 Å². The van der Waals surface area contributed by atoms with E-state index >= 15 is 0 Å². The Kier molecular flexibility index (Phi) is 5.44. The van der Waals surface area contributed by atoms with Gasteiger partial charge in [0.15, 0.2) is 11.0 Å². The number of terminal acetylenes is 1. The number of benzene rings is 1.